The lowest BCUT2D eigenvalue weighted by Gasteiger charge is -2.21. The molecule has 0 fully saturated rings. The molecule has 0 aromatic rings. The second kappa shape index (κ2) is 5.73. The maximum absolute atomic E-state index is 10.8. The van der Waals surface area contributed by atoms with Crippen LogP contribution in [-0.2, 0) is 10.8 Å². The third kappa shape index (κ3) is 9.99. The zero-order valence-electron chi connectivity index (χ0n) is 8.96. The van der Waals surface area contributed by atoms with Crippen LogP contribution in [-0.4, -0.2) is 39.5 Å². The fourth-order valence-electron chi connectivity index (χ4n) is 0.869. The van der Waals surface area contributed by atoms with E-state index in [0.717, 1.165) is 12.2 Å². The second-order valence-electron chi connectivity index (χ2n) is 4.16. The predicted molar refractivity (Wildman–Crippen MR) is 57.3 cm³/mol. The van der Waals surface area contributed by atoms with Gasteiger partial charge >= 0.3 is 0 Å². The molecule has 0 rings (SSSR count). The van der Waals surface area contributed by atoms with E-state index in [9.17, 15) is 9.32 Å². The zero-order valence-corrected chi connectivity index (χ0v) is 9.78. The van der Waals surface area contributed by atoms with Crippen LogP contribution in [0.3, 0.4) is 0 Å². The number of hydrogen-bond acceptors (Lipinski definition) is 3. The summed E-state index contributed by atoms with van der Waals surface area (Å²) < 4.78 is 10.8. The molecular formula is C9H21NO2S. The van der Waals surface area contributed by atoms with Gasteiger partial charge in [-0.15, -0.1) is 0 Å². The van der Waals surface area contributed by atoms with Gasteiger partial charge in [-0.2, -0.15) is 0 Å². The Morgan fingerprint density at radius 1 is 1.54 bits per heavy atom. The molecule has 13 heavy (non-hydrogen) atoms. The van der Waals surface area contributed by atoms with Crippen LogP contribution < -0.4 is 5.32 Å². The van der Waals surface area contributed by atoms with Gasteiger partial charge in [-0.25, -0.2) is 0 Å². The monoisotopic (exact) mass is 207 g/mol. The molecule has 2 N–H and O–H groups in total. The van der Waals surface area contributed by atoms with Crippen LogP contribution in [0.25, 0.3) is 0 Å². The van der Waals surface area contributed by atoms with E-state index in [1.54, 1.807) is 20.1 Å². The maximum Gasteiger partial charge on any atom is 0.0715 e. The van der Waals surface area contributed by atoms with Crippen LogP contribution in [0.2, 0.25) is 0 Å². The molecule has 80 valence electrons. The summed E-state index contributed by atoms with van der Waals surface area (Å²) in [4.78, 5) is 0. The highest BCUT2D eigenvalue weighted by molar-refractivity contribution is 7.84. The first kappa shape index (κ1) is 13.1. The van der Waals surface area contributed by atoms with Gasteiger partial charge in [0.1, 0.15) is 0 Å². The summed E-state index contributed by atoms with van der Waals surface area (Å²) in [6.07, 6.45) is 2.60. The Hall–Kier alpha value is 0.0700. The van der Waals surface area contributed by atoms with Crippen molar-refractivity contribution in [1.82, 2.24) is 5.32 Å². The largest absolute Gasteiger partial charge is 0.389 e. The van der Waals surface area contributed by atoms with Crippen LogP contribution in [0.5, 0.6) is 0 Å². The Balaban J connectivity index is 3.52. The smallest absolute Gasteiger partial charge is 0.0715 e. The fourth-order valence-corrected chi connectivity index (χ4v) is 1.55. The molecule has 0 saturated heterocycles. The van der Waals surface area contributed by atoms with Crippen molar-refractivity contribution in [3.05, 3.63) is 0 Å². The summed E-state index contributed by atoms with van der Waals surface area (Å²) in [5.74, 6) is 0.722. The molecule has 0 aliphatic heterocycles. The van der Waals surface area contributed by atoms with Gasteiger partial charge in [0.15, 0.2) is 0 Å². The number of nitrogens with one attached hydrogen (secondary N) is 1. The highest BCUT2D eigenvalue weighted by atomic mass is 32.2. The second-order valence-corrected chi connectivity index (χ2v) is 5.72. The van der Waals surface area contributed by atoms with E-state index in [4.69, 9.17) is 0 Å². The van der Waals surface area contributed by atoms with Gasteiger partial charge in [-0.1, -0.05) is 0 Å². The molecule has 0 aromatic carbocycles. The van der Waals surface area contributed by atoms with Gasteiger partial charge in [0.2, 0.25) is 0 Å². The molecular weight excluding hydrogens is 186 g/mol. The van der Waals surface area contributed by atoms with Crippen LogP contribution in [0.15, 0.2) is 0 Å². The SMILES string of the molecule is CC(CCS(C)=O)NCC(C)(C)O. The third-order valence-corrected chi connectivity index (χ3v) is 2.53. The quantitative estimate of drug-likeness (QED) is 0.667. The molecule has 0 aliphatic carbocycles. The first-order valence-electron chi connectivity index (χ1n) is 4.57. The van der Waals surface area contributed by atoms with Crippen molar-refractivity contribution < 1.29 is 9.32 Å². The van der Waals surface area contributed by atoms with E-state index in [0.29, 0.717) is 12.6 Å². The lowest BCUT2D eigenvalue weighted by atomic mass is 10.1. The van der Waals surface area contributed by atoms with E-state index in [1.807, 2.05) is 6.92 Å². The minimum Gasteiger partial charge on any atom is -0.389 e. The summed E-state index contributed by atoms with van der Waals surface area (Å²) in [5.41, 5.74) is -0.667. The molecule has 3 nitrogen and oxygen atoms in total. The van der Waals surface area contributed by atoms with Crippen molar-refractivity contribution in [2.45, 2.75) is 38.8 Å². The lowest BCUT2D eigenvalue weighted by molar-refractivity contribution is 0.0769. The van der Waals surface area contributed by atoms with Gasteiger partial charge in [0.05, 0.1) is 5.60 Å². The van der Waals surface area contributed by atoms with E-state index >= 15 is 0 Å². The standard InChI is InChI=1S/C9H21NO2S/c1-8(5-6-13(4)12)10-7-9(2,3)11/h8,10-11H,5-7H2,1-4H3. The van der Waals surface area contributed by atoms with Crippen LogP contribution >= 0.6 is 0 Å². The molecule has 0 saturated carbocycles. The van der Waals surface area contributed by atoms with Crippen LogP contribution in [0.1, 0.15) is 27.2 Å². The third-order valence-electron chi connectivity index (χ3n) is 1.72. The fraction of sp³-hybridized carbons (Fsp3) is 1.00. The average molecular weight is 207 g/mol. The van der Waals surface area contributed by atoms with Crippen molar-refractivity contribution in [2.75, 3.05) is 18.6 Å². The van der Waals surface area contributed by atoms with Gasteiger partial charge in [0, 0.05) is 35.4 Å². The summed E-state index contributed by atoms with van der Waals surface area (Å²) >= 11 is 0. The van der Waals surface area contributed by atoms with Crippen molar-refractivity contribution in [1.29, 1.82) is 0 Å². The minimum absolute atomic E-state index is 0.315. The summed E-state index contributed by atoms with van der Waals surface area (Å²) in [7, 11) is -0.713. The number of hydrogen-bond donors (Lipinski definition) is 2. The lowest BCUT2D eigenvalue weighted by Crippen LogP contribution is -2.39. The van der Waals surface area contributed by atoms with Crippen molar-refractivity contribution >= 4 is 10.8 Å². The highest BCUT2D eigenvalue weighted by Gasteiger charge is 2.13. The predicted octanol–water partition coefficient (Wildman–Crippen LogP) is 0.504. The zero-order chi connectivity index (χ0) is 10.5. The van der Waals surface area contributed by atoms with Crippen molar-refractivity contribution in [2.24, 2.45) is 0 Å². The molecule has 0 radical (unpaired) electrons. The first-order valence-corrected chi connectivity index (χ1v) is 6.30. The number of rotatable bonds is 6. The van der Waals surface area contributed by atoms with Crippen LogP contribution in [0, 0.1) is 0 Å². The summed E-state index contributed by atoms with van der Waals surface area (Å²) in [6, 6.07) is 0.315. The maximum atomic E-state index is 10.8. The molecule has 0 aromatic heterocycles. The van der Waals surface area contributed by atoms with Gasteiger partial charge in [-0.05, 0) is 27.2 Å². The molecule has 0 amide bonds. The van der Waals surface area contributed by atoms with Crippen molar-refractivity contribution in [3.63, 3.8) is 0 Å². The topological polar surface area (TPSA) is 49.3 Å². The molecule has 0 heterocycles. The van der Waals surface area contributed by atoms with E-state index in [2.05, 4.69) is 5.32 Å². The summed E-state index contributed by atoms with van der Waals surface area (Å²) in [5, 5.41) is 12.6. The molecule has 0 spiro atoms. The van der Waals surface area contributed by atoms with Crippen LogP contribution in [0.4, 0.5) is 0 Å². The van der Waals surface area contributed by atoms with Crippen molar-refractivity contribution in [3.8, 4) is 0 Å². The highest BCUT2D eigenvalue weighted by Crippen LogP contribution is 2.00. The number of aliphatic hydroxyl groups is 1. The Kier molecular flexibility index (Phi) is 5.76. The van der Waals surface area contributed by atoms with Gasteiger partial charge < -0.3 is 10.4 Å². The Morgan fingerprint density at radius 3 is 2.46 bits per heavy atom. The Labute approximate surface area is 83.4 Å². The van der Waals surface area contributed by atoms with Gasteiger partial charge in [0.25, 0.3) is 0 Å². The van der Waals surface area contributed by atoms with E-state index in [-0.39, 0.29) is 0 Å². The molecule has 0 aliphatic rings. The van der Waals surface area contributed by atoms with E-state index in [1.165, 1.54) is 0 Å². The molecule has 2 unspecified atom stereocenters. The molecule has 2 atom stereocenters. The molecule has 4 heteroatoms. The molecule has 0 bridgehead atoms. The average Bonchev–Trinajstić information content (AvgIpc) is 1.95. The minimum atomic E-state index is -0.713. The Bertz CT molecular complexity index is 165. The van der Waals surface area contributed by atoms with E-state index < -0.39 is 16.4 Å². The normalized spacial score (nSPS) is 17.0. The Morgan fingerprint density at radius 2 is 2.08 bits per heavy atom. The summed E-state index contributed by atoms with van der Waals surface area (Å²) in [6.45, 7) is 6.15. The first-order chi connectivity index (χ1) is 5.81. The van der Waals surface area contributed by atoms with Gasteiger partial charge in [-0.3, -0.25) is 4.21 Å².